The highest BCUT2D eigenvalue weighted by molar-refractivity contribution is 9.10. The minimum Gasteiger partial charge on any atom is -0.235 e. The van der Waals surface area contributed by atoms with Gasteiger partial charge in [0.05, 0.1) is 16.7 Å². The molecule has 0 spiro atoms. The Balaban J connectivity index is 1.61. The van der Waals surface area contributed by atoms with Crippen molar-refractivity contribution in [3.05, 3.63) is 100 Å². The third kappa shape index (κ3) is 4.83. The summed E-state index contributed by atoms with van der Waals surface area (Å²) in [5, 5.41) is 9.75. The van der Waals surface area contributed by atoms with E-state index >= 15 is 0 Å². The molecule has 1 aromatic heterocycles. The van der Waals surface area contributed by atoms with Crippen LogP contribution < -0.4 is 0 Å². The van der Waals surface area contributed by atoms with Gasteiger partial charge >= 0.3 is 0 Å². The lowest BCUT2D eigenvalue weighted by Crippen LogP contribution is -2.22. The molecule has 9 heteroatoms. The van der Waals surface area contributed by atoms with E-state index in [4.69, 9.17) is 0 Å². The smallest absolute Gasteiger partial charge is 0.178 e. The highest BCUT2D eigenvalue weighted by Crippen LogP contribution is 2.25. The van der Waals surface area contributed by atoms with Crippen molar-refractivity contribution in [3.8, 4) is 11.4 Å². The van der Waals surface area contributed by atoms with Gasteiger partial charge in [-0.1, -0.05) is 36.1 Å². The lowest BCUT2D eigenvalue weighted by Gasteiger charge is -2.15. The van der Waals surface area contributed by atoms with Crippen molar-refractivity contribution in [3.63, 3.8) is 0 Å². The van der Waals surface area contributed by atoms with Crippen molar-refractivity contribution >= 4 is 27.5 Å². The molecule has 0 fully saturated rings. The molecule has 160 valence electrons. The van der Waals surface area contributed by atoms with Gasteiger partial charge in [0, 0.05) is 29.6 Å². The molecule has 2 heterocycles. The number of allylic oxidation sites excluding steroid dienone is 1. The highest BCUT2D eigenvalue weighted by Gasteiger charge is 2.22. The minimum absolute atomic E-state index is 0.312. The summed E-state index contributed by atoms with van der Waals surface area (Å²) in [5.74, 6) is -0.361. The predicted molar refractivity (Wildman–Crippen MR) is 122 cm³/mol. The van der Waals surface area contributed by atoms with Crippen molar-refractivity contribution in [2.45, 2.75) is 13.5 Å². The van der Waals surface area contributed by atoms with Crippen LogP contribution in [0.1, 0.15) is 18.1 Å². The third-order valence-electron chi connectivity index (χ3n) is 4.57. The largest absolute Gasteiger partial charge is 0.235 e. The van der Waals surface area contributed by atoms with Gasteiger partial charge in [-0.2, -0.15) is 0 Å². The topological polar surface area (TPSA) is 66.1 Å². The van der Waals surface area contributed by atoms with Crippen molar-refractivity contribution in [1.29, 1.82) is 0 Å². The monoisotopic (exact) mass is 494 g/mol. The number of halogens is 3. The number of amidine groups is 1. The summed E-state index contributed by atoms with van der Waals surface area (Å²) < 4.78 is 28.2. The first-order chi connectivity index (χ1) is 15.4. The van der Waals surface area contributed by atoms with E-state index in [0.29, 0.717) is 35.2 Å². The maximum atomic E-state index is 13.7. The van der Waals surface area contributed by atoms with Gasteiger partial charge in [0.2, 0.25) is 0 Å². The number of nitrogens with zero attached hydrogens (tertiary/aromatic N) is 6. The van der Waals surface area contributed by atoms with Gasteiger partial charge in [0.15, 0.2) is 11.7 Å². The van der Waals surface area contributed by atoms with Crippen molar-refractivity contribution in [1.82, 2.24) is 15.0 Å². The molecule has 0 N–H and O–H groups in total. The zero-order valence-corrected chi connectivity index (χ0v) is 18.6. The van der Waals surface area contributed by atoms with Crippen molar-refractivity contribution in [2.24, 2.45) is 15.3 Å². The molecule has 0 saturated carbocycles. The molecule has 0 atom stereocenters. The van der Waals surface area contributed by atoms with Crippen LogP contribution in [0.2, 0.25) is 0 Å². The van der Waals surface area contributed by atoms with Gasteiger partial charge in [0.1, 0.15) is 17.3 Å². The van der Waals surface area contributed by atoms with Gasteiger partial charge in [-0.15, -0.1) is 5.11 Å². The maximum absolute atomic E-state index is 13.7. The van der Waals surface area contributed by atoms with Crippen LogP contribution in [0.5, 0.6) is 0 Å². The summed E-state index contributed by atoms with van der Waals surface area (Å²) in [5.41, 5.74) is 2.83. The second kappa shape index (κ2) is 9.27. The van der Waals surface area contributed by atoms with Crippen LogP contribution in [0, 0.1) is 11.6 Å². The molecule has 1 aliphatic rings. The fourth-order valence-corrected chi connectivity index (χ4v) is 3.33. The zero-order chi connectivity index (χ0) is 22.7. The van der Waals surface area contributed by atoms with E-state index in [1.807, 2.05) is 24.3 Å². The van der Waals surface area contributed by atoms with E-state index in [0.717, 1.165) is 21.7 Å². The lowest BCUT2D eigenvalue weighted by molar-refractivity contribution is 0.433. The number of hydrogen-bond donors (Lipinski definition) is 0. The normalized spacial score (nSPS) is 15.1. The van der Waals surface area contributed by atoms with E-state index in [2.05, 4.69) is 47.8 Å². The van der Waals surface area contributed by atoms with Crippen LogP contribution in [-0.4, -0.2) is 20.8 Å². The lowest BCUT2D eigenvalue weighted by atomic mass is 10.1. The van der Waals surface area contributed by atoms with Crippen LogP contribution in [0.4, 0.5) is 8.78 Å². The Hall–Kier alpha value is -3.59. The Morgan fingerprint density at radius 3 is 2.53 bits per heavy atom. The summed E-state index contributed by atoms with van der Waals surface area (Å²) >= 11 is 3.33. The average Bonchev–Trinajstić information content (AvgIpc) is 3.11. The maximum Gasteiger partial charge on any atom is 0.178 e. The molecule has 0 aliphatic carbocycles. The molecule has 0 unspecified atom stereocenters. The molecule has 0 bridgehead atoms. The Morgan fingerprint density at radius 1 is 1.12 bits per heavy atom. The Morgan fingerprint density at radius 2 is 1.84 bits per heavy atom. The summed E-state index contributed by atoms with van der Waals surface area (Å²) in [6.07, 6.45) is 5.04. The highest BCUT2D eigenvalue weighted by atomic mass is 79.9. The molecular formula is C23H17BrF2N6. The molecule has 0 radical (unpaired) electrons. The van der Waals surface area contributed by atoms with E-state index in [1.165, 1.54) is 12.1 Å². The van der Waals surface area contributed by atoms with Crippen LogP contribution in [0.25, 0.3) is 17.1 Å². The van der Waals surface area contributed by atoms with Gasteiger partial charge < -0.3 is 0 Å². The number of aromatic nitrogens is 2. The van der Waals surface area contributed by atoms with Gasteiger partial charge in [-0.3, -0.25) is 0 Å². The van der Waals surface area contributed by atoms with E-state index in [1.54, 1.807) is 30.4 Å². The summed E-state index contributed by atoms with van der Waals surface area (Å²) in [7, 11) is 0. The molecule has 4 rings (SSSR count). The molecule has 1 aliphatic heterocycles. The quantitative estimate of drug-likeness (QED) is 0.415. The standard InChI is InChI=1S/C23H17BrF2N6/c1-3-21(17-8-19(25)10-20(26)9-17)29-23-14(2)30-31-32(23)13-15-5-4-6-16(7-15)22-27-11-18(24)12-28-22/h3-12H,2,13H2,1H3/b21-3-,29-23?. The van der Waals surface area contributed by atoms with Crippen molar-refractivity contribution < 1.29 is 8.78 Å². The SMILES string of the molecule is C=C1N=NN(Cc2cccc(-c3ncc(Br)cn3)c2)C1=N/C(=C\C)c1cc(F)cc(F)c1. The van der Waals surface area contributed by atoms with E-state index < -0.39 is 11.6 Å². The first-order valence-corrected chi connectivity index (χ1v) is 10.4. The average molecular weight is 495 g/mol. The van der Waals surface area contributed by atoms with Crippen molar-refractivity contribution in [2.75, 3.05) is 0 Å². The molecule has 6 nitrogen and oxygen atoms in total. The molecule has 0 saturated heterocycles. The first kappa shape index (κ1) is 21.6. The summed E-state index contributed by atoms with van der Waals surface area (Å²) in [6, 6.07) is 11.0. The van der Waals surface area contributed by atoms with Crippen LogP contribution >= 0.6 is 15.9 Å². The van der Waals surface area contributed by atoms with Gasteiger partial charge in [-0.05, 0) is 46.6 Å². The second-order valence-electron chi connectivity index (χ2n) is 6.89. The number of hydrogen-bond acceptors (Lipinski definition) is 5. The van der Waals surface area contributed by atoms with Gasteiger partial charge in [0.25, 0.3) is 0 Å². The summed E-state index contributed by atoms with van der Waals surface area (Å²) in [4.78, 5) is 13.2. The molecule has 0 amide bonds. The predicted octanol–water partition coefficient (Wildman–Crippen LogP) is 6.34. The van der Waals surface area contributed by atoms with E-state index in [9.17, 15) is 8.78 Å². The fourth-order valence-electron chi connectivity index (χ4n) is 3.13. The molecule has 3 aromatic rings. The second-order valence-corrected chi connectivity index (χ2v) is 7.80. The zero-order valence-electron chi connectivity index (χ0n) is 17.0. The molecule has 32 heavy (non-hydrogen) atoms. The Bertz CT molecular complexity index is 1250. The van der Waals surface area contributed by atoms with E-state index in [-0.39, 0.29) is 0 Å². The first-order valence-electron chi connectivity index (χ1n) is 9.60. The van der Waals surface area contributed by atoms with Crippen LogP contribution in [0.3, 0.4) is 0 Å². The van der Waals surface area contributed by atoms with Gasteiger partial charge in [-0.25, -0.2) is 28.8 Å². The van der Waals surface area contributed by atoms with Crippen LogP contribution in [-0.2, 0) is 6.54 Å². The third-order valence-corrected chi connectivity index (χ3v) is 4.98. The Kier molecular flexibility index (Phi) is 6.27. The summed E-state index contributed by atoms with van der Waals surface area (Å²) in [6.45, 7) is 5.98. The minimum atomic E-state index is -0.678. The number of aliphatic imine (C=N–C) groups is 1. The molecule has 2 aromatic carbocycles. The molecular weight excluding hydrogens is 478 g/mol. The fraction of sp³-hybridized carbons (Fsp3) is 0.0870. The number of benzene rings is 2. The Labute approximate surface area is 191 Å². The van der Waals surface area contributed by atoms with Crippen LogP contribution in [0.15, 0.2) is 93.0 Å². The number of rotatable bonds is 5.